The van der Waals surface area contributed by atoms with E-state index in [1.165, 1.54) is 0 Å². The van der Waals surface area contributed by atoms with E-state index in [2.05, 4.69) is 16.4 Å². The number of aromatic nitrogens is 1. The Labute approximate surface area is 84.8 Å². The highest BCUT2D eigenvalue weighted by atomic mass is 14.9. The van der Waals surface area contributed by atoms with Crippen molar-refractivity contribution in [2.24, 2.45) is 0 Å². The second kappa shape index (κ2) is 6.11. The maximum Gasteiger partial charge on any atom is 0.0950 e. The third-order valence-corrected chi connectivity index (χ3v) is 2.06. The van der Waals surface area contributed by atoms with E-state index in [0.717, 1.165) is 25.1 Å². The van der Waals surface area contributed by atoms with Crippen molar-refractivity contribution in [1.82, 2.24) is 10.3 Å². The topological polar surface area (TPSA) is 48.7 Å². The van der Waals surface area contributed by atoms with Gasteiger partial charge in [-0.2, -0.15) is 5.26 Å². The number of nitrogens with one attached hydrogen (secondary N) is 1. The highest BCUT2D eigenvalue weighted by Crippen LogP contribution is 1.94. The van der Waals surface area contributed by atoms with E-state index in [9.17, 15) is 0 Å². The normalized spacial score (nSPS) is 12.0. The fourth-order valence-corrected chi connectivity index (χ4v) is 1.20. The minimum atomic E-state index is -0.0290. The van der Waals surface area contributed by atoms with E-state index in [1.54, 1.807) is 6.20 Å². The first-order valence-corrected chi connectivity index (χ1v) is 4.89. The van der Waals surface area contributed by atoms with Gasteiger partial charge in [0, 0.05) is 24.9 Å². The second-order valence-electron chi connectivity index (χ2n) is 3.12. The summed E-state index contributed by atoms with van der Waals surface area (Å²) >= 11 is 0. The molecule has 1 rings (SSSR count). The smallest absolute Gasteiger partial charge is 0.0950 e. The molecule has 0 aliphatic carbocycles. The number of hydrogen-bond acceptors (Lipinski definition) is 3. The lowest BCUT2D eigenvalue weighted by atomic mass is 10.2. The van der Waals surface area contributed by atoms with E-state index < -0.39 is 0 Å². The van der Waals surface area contributed by atoms with E-state index in [4.69, 9.17) is 5.26 Å². The first-order valence-electron chi connectivity index (χ1n) is 4.89. The maximum atomic E-state index is 8.70. The summed E-state index contributed by atoms with van der Waals surface area (Å²) in [7, 11) is 0. The van der Waals surface area contributed by atoms with Gasteiger partial charge in [0.15, 0.2) is 0 Å². The average Bonchev–Trinajstić information content (AvgIpc) is 2.26. The maximum absolute atomic E-state index is 8.70. The van der Waals surface area contributed by atoms with Crippen LogP contribution in [0.5, 0.6) is 0 Å². The van der Waals surface area contributed by atoms with Crippen LogP contribution in [-0.2, 0) is 6.42 Å². The van der Waals surface area contributed by atoms with Crippen molar-refractivity contribution in [3.05, 3.63) is 30.1 Å². The van der Waals surface area contributed by atoms with Crippen molar-refractivity contribution >= 4 is 0 Å². The van der Waals surface area contributed by atoms with Crippen LogP contribution in [0.4, 0.5) is 0 Å². The monoisotopic (exact) mass is 189 g/mol. The van der Waals surface area contributed by atoms with Crippen LogP contribution >= 0.6 is 0 Å². The molecule has 1 aromatic rings. The van der Waals surface area contributed by atoms with E-state index >= 15 is 0 Å². The van der Waals surface area contributed by atoms with Crippen molar-refractivity contribution in [3.8, 4) is 6.07 Å². The van der Waals surface area contributed by atoms with Gasteiger partial charge in [0.2, 0.25) is 0 Å². The molecule has 0 spiro atoms. The summed E-state index contributed by atoms with van der Waals surface area (Å²) in [5.74, 6) is 0. The molecule has 0 saturated carbocycles. The van der Waals surface area contributed by atoms with Gasteiger partial charge in [-0.1, -0.05) is 13.0 Å². The van der Waals surface area contributed by atoms with Gasteiger partial charge in [-0.05, 0) is 18.6 Å². The fraction of sp³-hybridized carbons (Fsp3) is 0.455. The average molecular weight is 189 g/mol. The molecule has 1 unspecified atom stereocenters. The molecule has 0 aliphatic rings. The molecule has 1 atom stereocenters. The number of nitriles is 1. The van der Waals surface area contributed by atoms with Gasteiger partial charge in [-0.3, -0.25) is 4.98 Å². The van der Waals surface area contributed by atoms with Crippen molar-refractivity contribution in [2.75, 3.05) is 6.54 Å². The van der Waals surface area contributed by atoms with E-state index in [-0.39, 0.29) is 6.04 Å². The van der Waals surface area contributed by atoms with Crippen LogP contribution < -0.4 is 5.32 Å². The molecule has 1 aromatic heterocycles. The number of hydrogen-bond donors (Lipinski definition) is 1. The highest BCUT2D eigenvalue weighted by Gasteiger charge is 2.01. The molecule has 0 bridgehead atoms. The Hall–Kier alpha value is -1.40. The van der Waals surface area contributed by atoms with Crippen LogP contribution in [0.2, 0.25) is 0 Å². The Balaban J connectivity index is 2.26. The van der Waals surface area contributed by atoms with Crippen LogP contribution in [-0.4, -0.2) is 17.6 Å². The van der Waals surface area contributed by atoms with Gasteiger partial charge in [-0.15, -0.1) is 0 Å². The molecule has 74 valence electrons. The molecule has 1 heterocycles. The Morgan fingerprint density at radius 3 is 3.00 bits per heavy atom. The molecule has 0 fully saturated rings. The Kier molecular flexibility index (Phi) is 4.66. The zero-order valence-electron chi connectivity index (χ0n) is 8.40. The molecule has 3 heteroatoms. The minimum absolute atomic E-state index is 0.0290. The molecule has 0 aliphatic heterocycles. The highest BCUT2D eigenvalue weighted by molar-refractivity contribution is 5.04. The molecule has 14 heavy (non-hydrogen) atoms. The van der Waals surface area contributed by atoms with Gasteiger partial charge in [-0.25, -0.2) is 0 Å². The van der Waals surface area contributed by atoms with Crippen LogP contribution in [0.15, 0.2) is 24.4 Å². The molecular weight excluding hydrogens is 174 g/mol. The largest absolute Gasteiger partial charge is 0.302 e. The summed E-state index contributed by atoms with van der Waals surface area (Å²) in [5, 5.41) is 11.9. The molecule has 3 nitrogen and oxygen atoms in total. The predicted octanol–water partition coefficient (Wildman–Crippen LogP) is 1.52. The van der Waals surface area contributed by atoms with E-state index in [1.807, 2.05) is 25.1 Å². The Bertz CT molecular complexity index is 289. The second-order valence-corrected chi connectivity index (χ2v) is 3.12. The summed E-state index contributed by atoms with van der Waals surface area (Å²) < 4.78 is 0. The third-order valence-electron chi connectivity index (χ3n) is 2.06. The zero-order chi connectivity index (χ0) is 10.2. The molecule has 0 saturated heterocycles. The van der Waals surface area contributed by atoms with Gasteiger partial charge in [0.05, 0.1) is 12.1 Å². The van der Waals surface area contributed by atoms with Crippen LogP contribution in [0, 0.1) is 11.3 Å². The summed E-state index contributed by atoms with van der Waals surface area (Å²) in [6.45, 7) is 2.81. The van der Waals surface area contributed by atoms with Gasteiger partial charge >= 0.3 is 0 Å². The van der Waals surface area contributed by atoms with Crippen LogP contribution in [0.25, 0.3) is 0 Å². The lowest BCUT2D eigenvalue weighted by Crippen LogP contribution is -2.28. The van der Waals surface area contributed by atoms with Crippen molar-refractivity contribution in [3.63, 3.8) is 0 Å². The first kappa shape index (κ1) is 10.7. The summed E-state index contributed by atoms with van der Waals surface area (Å²) in [4.78, 5) is 4.20. The number of nitrogens with zero attached hydrogens (tertiary/aromatic N) is 2. The molecule has 1 N–H and O–H groups in total. The van der Waals surface area contributed by atoms with Crippen molar-refractivity contribution in [1.29, 1.82) is 5.26 Å². The molecule has 0 amide bonds. The standard InChI is InChI=1S/C11H15N3/c1-2-10(9-12)14-8-6-11-5-3-4-7-13-11/h3-5,7,10,14H,2,6,8H2,1H3. The predicted molar refractivity (Wildman–Crippen MR) is 55.6 cm³/mol. The quantitative estimate of drug-likeness (QED) is 0.764. The lowest BCUT2D eigenvalue weighted by molar-refractivity contribution is 0.585. The molecule has 0 radical (unpaired) electrons. The van der Waals surface area contributed by atoms with Crippen LogP contribution in [0.3, 0.4) is 0 Å². The summed E-state index contributed by atoms with van der Waals surface area (Å²) in [6.07, 6.45) is 3.51. The third kappa shape index (κ3) is 3.55. The lowest BCUT2D eigenvalue weighted by Gasteiger charge is -2.07. The Morgan fingerprint density at radius 2 is 2.43 bits per heavy atom. The van der Waals surface area contributed by atoms with Gasteiger partial charge in [0.1, 0.15) is 0 Å². The minimum Gasteiger partial charge on any atom is -0.302 e. The Morgan fingerprint density at radius 1 is 1.57 bits per heavy atom. The SMILES string of the molecule is CCC(C#N)NCCc1ccccn1. The van der Waals surface area contributed by atoms with E-state index in [0.29, 0.717) is 0 Å². The number of pyridine rings is 1. The molecular formula is C11H15N3. The number of rotatable bonds is 5. The fourth-order valence-electron chi connectivity index (χ4n) is 1.20. The van der Waals surface area contributed by atoms with Crippen LogP contribution in [0.1, 0.15) is 19.0 Å². The molecule has 0 aromatic carbocycles. The first-order chi connectivity index (χ1) is 6.86. The van der Waals surface area contributed by atoms with Crippen molar-refractivity contribution < 1.29 is 0 Å². The van der Waals surface area contributed by atoms with Crippen molar-refractivity contribution in [2.45, 2.75) is 25.8 Å². The van der Waals surface area contributed by atoms with Gasteiger partial charge < -0.3 is 5.32 Å². The van der Waals surface area contributed by atoms with Gasteiger partial charge in [0.25, 0.3) is 0 Å². The zero-order valence-corrected chi connectivity index (χ0v) is 8.40. The summed E-state index contributed by atoms with van der Waals surface area (Å²) in [5.41, 5.74) is 1.06. The summed E-state index contributed by atoms with van der Waals surface area (Å²) in [6, 6.07) is 8.05.